The summed E-state index contributed by atoms with van der Waals surface area (Å²) in [7, 11) is 0. The molecule has 1 aliphatic rings. The SMILES string of the molecule is Cc1cccc(NC(=O)C2(C(=O)NCc3ccc(F)cc3)CC2)c1. The smallest absolute Gasteiger partial charge is 0.240 e. The van der Waals surface area contributed by atoms with Crippen LogP contribution in [0.3, 0.4) is 0 Å². The van der Waals surface area contributed by atoms with Gasteiger partial charge in [-0.2, -0.15) is 0 Å². The highest BCUT2D eigenvalue weighted by Crippen LogP contribution is 2.46. The van der Waals surface area contributed by atoms with E-state index in [9.17, 15) is 14.0 Å². The first-order valence-electron chi connectivity index (χ1n) is 7.90. The lowest BCUT2D eigenvalue weighted by Crippen LogP contribution is -2.39. The highest BCUT2D eigenvalue weighted by molar-refractivity contribution is 6.13. The van der Waals surface area contributed by atoms with Crippen LogP contribution in [0.1, 0.15) is 24.0 Å². The third-order valence-corrected chi connectivity index (χ3v) is 4.26. The van der Waals surface area contributed by atoms with Crippen LogP contribution in [0.5, 0.6) is 0 Å². The molecule has 24 heavy (non-hydrogen) atoms. The van der Waals surface area contributed by atoms with Crippen molar-refractivity contribution < 1.29 is 14.0 Å². The molecule has 124 valence electrons. The minimum absolute atomic E-state index is 0.273. The van der Waals surface area contributed by atoms with E-state index in [0.717, 1.165) is 11.1 Å². The number of nitrogens with one attached hydrogen (secondary N) is 2. The van der Waals surface area contributed by atoms with Gasteiger partial charge in [-0.15, -0.1) is 0 Å². The van der Waals surface area contributed by atoms with E-state index in [-0.39, 0.29) is 24.2 Å². The van der Waals surface area contributed by atoms with Crippen molar-refractivity contribution in [2.75, 3.05) is 5.32 Å². The van der Waals surface area contributed by atoms with Crippen LogP contribution >= 0.6 is 0 Å². The van der Waals surface area contributed by atoms with Crippen LogP contribution in [0.25, 0.3) is 0 Å². The number of amides is 2. The van der Waals surface area contributed by atoms with E-state index in [0.29, 0.717) is 18.5 Å². The van der Waals surface area contributed by atoms with E-state index in [1.807, 2.05) is 25.1 Å². The van der Waals surface area contributed by atoms with Crippen LogP contribution in [0.2, 0.25) is 0 Å². The number of anilines is 1. The van der Waals surface area contributed by atoms with Gasteiger partial charge in [0.1, 0.15) is 11.2 Å². The normalized spacial score (nSPS) is 14.8. The number of carbonyl (C=O) groups excluding carboxylic acids is 2. The predicted molar refractivity (Wildman–Crippen MR) is 89.7 cm³/mol. The Hall–Kier alpha value is -2.69. The molecule has 0 atom stereocenters. The van der Waals surface area contributed by atoms with Crippen LogP contribution < -0.4 is 10.6 Å². The van der Waals surface area contributed by atoms with Crippen molar-refractivity contribution in [2.45, 2.75) is 26.3 Å². The Bertz CT molecular complexity index is 767. The Morgan fingerprint density at radius 3 is 2.42 bits per heavy atom. The molecule has 2 aromatic carbocycles. The van der Waals surface area contributed by atoms with E-state index < -0.39 is 5.41 Å². The van der Waals surface area contributed by atoms with Crippen LogP contribution in [0.4, 0.5) is 10.1 Å². The molecule has 1 saturated carbocycles. The van der Waals surface area contributed by atoms with Crippen LogP contribution in [-0.4, -0.2) is 11.8 Å². The minimum atomic E-state index is -0.982. The van der Waals surface area contributed by atoms with Gasteiger partial charge in [0.15, 0.2) is 0 Å². The number of hydrogen-bond donors (Lipinski definition) is 2. The lowest BCUT2D eigenvalue weighted by Gasteiger charge is -2.15. The third-order valence-electron chi connectivity index (χ3n) is 4.26. The van der Waals surface area contributed by atoms with Crippen LogP contribution in [0, 0.1) is 18.2 Å². The number of aryl methyl sites for hydroxylation is 1. The quantitative estimate of drug-likeness (QED) is 0.829. The lowest BCUT2D eigenvalue weighted by molar-refractivity contribution is -0.134. The zero-order valence-corrected chi connectivity index (χ0v) is 13.4. The van der Waals surface area contributed by atoms with Crippen molar-refractivity contribution in [3.05, 3.63) is 65.5 Å². The molecule has 0 heterocycles. The summed E-state index contributed by atoms with van der Waals surface area (Å²) in [4.78, 5) is 24.9. The van der Waals surface area contributed by atoms with Crippen molar-refractivity contribution in [1.82, 2.24) is 5.32 Å². The Balaban J connectivity index is 1.61. The molecular formula is C19H19FN2O2. The molecule has 0 unspecified atom stereocenters. The highest BCUT2D eigenvalue weighted by Gasteiger charge is 2.56. The molecule has 0 spiro atoms. The number of rotatable bonds is 5. The van der Waals surface area contributed by atoms with Crippen LogP contribution in [-0.2, 0) is 16.1 Å². The largest absolute Gasteiger partial charge is 0.351 e. The maximum Gasteiger partial charge on any atom is 0.240 e. The van der Waals surface area contributed by atoms with E-state index in [1.165, 1.54) is 12.1 Å². The van der Waals surface area contributed by atoms with Gasteiger partial charge in [0.25, 0.3) is 0 Å². The van der Waals surface area contributed by atoms with E-state index >= 15 is 0 Å². The zero-order chi connectivity index (χ0) is 17.2. The highest BCUT2D eigenvalue weighted by atomic mass is 19.1. The van der Waals surface area contributed by atoms with Gasteiger partial charge in [-0.3, -0.25) is 9.59 Å². The van der Waals surface area contributed by atoms with Gasteiger partial charge < -0.3 is 10.6 Å². The molecule has 0 saturated heterocycles. The molecule has 0 bridgehead atoms. The molecule has 5 heteroatoms. The Morgan fingerprint density at radius 1 is 1.08 bits per heavy atom. The monoisotopic (exact) mass is 326 g/mol. The number of hydrogen-bond acceptors (Lipinski definition) is 2. The maximum atomic E-state index is 12.9. The van der Waals surface area contributed by atoms with Gasteiger partial charge >= 0.3 is 0 Å². The topological polar surface area (TPSA) is 58.2 Å². The first-order valence-corrected chi connectivity index (χ1v) is 7.90. The average molecular weight is 326 g/mol. The van der Waals surface area contributed by atoms with Crippen molar-refractivity contribution in [1.29, 1.82) is 0 Å². The third kappa shape index (κ3) is 3.45. The Kier molecular flexibility index (Phi) is 4.34. The summed E-state index contributed by atoms with van der Waals surface area (Å²) in [6.07, 6.45) is 1.08. The number of carbonyl (C=O) groups is 2. The van der Waals surface area contributed by atoms with Gasteiger partial charge in [0.05, 0.1) is 0 Å². The predicted octanol–water partition coefficient (Wildman–Crippen LogP) is 3.17. The van der Waals surface area contributed by atoms with Gasteiger partial charge in [0.2, 0.25) is 11.8 Å². The van der Waals surface area contributed by atoms with Gasteiger partial charge in [-0.1, -0.05) is 24.3 Å². The summed E-state index contributed by atoms with van der Waals surface area (Å²) in [5.74, 6) is -0.872. The summed E-state index contributed by atoms with van der Waals surface area (Å²) in [6.45, 7) is 2.22. The van der Waals surface area contributed by atoms with E-state index in [4.69, 9.17) is 0 Å². The number of halogens is 1. The second-order valence-electron chi connectivity index (χ2n) is 6.21. The van der Waals surface area contributed by atoms with Crippen LogP contribution in [0.15, 0.2) is 48.5 Å². The molecule has 2 aromatic rings. The maximum absolute atomic E-state index is 12.9. The van der Waals surface area contributed by atoms with Crippen molar-refractivity contribution >= 4 is 17.5 Å². The summed E-state index contributed by atoms with van der Waals surface area (Å²) in [5, 5.41) is 5.60. The molecular weight excluding hydrogens is 307 g/mol. The molecule has 4 nitrogen and oxygen atoms in total. The molecule has 3 rings (SSSR count). The molecule has 0 aromatic heterocycles. The molecule has 1 fully saturated rings. The molecule has 0 aliphatic heterocycles. The molecule has 2 N–H and O–H groups in total. The van der Waals surface area contributed by atoms with Gasteiger partial charge in [0, 0.05) is 12.2 Å². The standard InChI is InChI=1S/C19H19FN2O2/c1-13-3-2-4-16(11-13)22-18(24)19(9-10-19)17(23)21-12-14-5-7-15(20)8-6-14/h2-8,11H,9-10,12H2,1H3,(H,21,23)(H,22,24). The lowest BCUT2D eigenvalue weighted by atomic mass is 10.0. The Morgan fingerprint density at radius 2 is 1.79 bits per heavy atom. The molecule has 0 radical (unpaired) electrons. The van der Waals surface area contributed by atoms with Gasteiger partial charge in [-0.05, 0) is 55.2 Å². The minimum Gasteiger partial charge on any atom is -0.351 e. The fraction of sp³-hybridized carbons (Fsp3) is 0.263. The average Bonchev–Trinajstić information content (AvgIpc) is 3.36. The fourth-order valence-electron chi connectivity index (χ4n) is 2.61. The second-order valence-corrected chi connectivity index (χ2v) is 6.21. The summed E-state index contributed by atoms with van der Waals surface area (Å²) < 4.78 is 12.9. The molecule has 1 aliphatic carbocycles. The molecule has 2 amide bonds. The van der Waals surface area contributed by atoms with Gasteiger partial charge in [-0.25, -0.2) is 4.39 Å². The summed E-state index contributed by atoms with van der Waals surface area (Å²) in [5.41, 5.74) is 1.54. The van der Waals surface area contributed by atoms with Crippen molar-refractivity contribution in [3.63, 3.8) is 0 Å². The number of benzene rings is 2. The second kappa shape index (κ2) is 6.43. The first kappa shape index (κ1) is 16.2. The zero-order valence-electron chi connectivity index (χ0n) is 13.4. The summed E-state index contributed by atoms with van der Waals surface area (Å²) >= 11 is 0. The van der Waals surface area contributed by atoms with E-state index in [1.54, 1.807) is 18.2 Å². The van der Waals surface area contributed by atoms with Crippen molar-refractivity contribution in [3.8, 4) is 0 Å². The first-order chi connectivity index (χ1) is 11.5. The fourth-order valence-corrected chi connectivity index (χ4v) is 2.61. The summed E-state index contributed by atoms with van der Waals surface area (Å²) in [6, 6.07) is 13.4. The van der Waals surface area contributed by atoms with E-state index in [2.05, 4.69) is 10.6 Å². The Labute approximate surface area is 140 Å². The van der Waals surface area contributed by atoms with Crippen molar-refractivity contribution in [2.24, 2.45) is 5.41 Å².